The number of hydrogen-bond donors (Lipinski definition) is 2. The molecule has 2 rings (SSSR count). The van der Waals surface area contributed by atoms with Gasteiger partial charge in [0.2, 0.25) is 0 Å². The van der Waals surface area contributed by atoms with Crippen LogP contribution in [-0.4, -0.2) is 80.1 Å². The van der Waals surface area contributed by atoms with Crippen molar-refractivity contribution in [3.05, 3.63) is 30.1 Å². The quantitative estimate of drug-likeness (QED) is 0.373. The largest absolute Gasteiger partial charge is 0.356 e. The number of rotatable bonds is 7. The number of likely N-dealkylation sites (N-methyl/N-ethyl adjacent to an activating group) is 1. The van der Waals surface area contributed by atoms with Gasteiger partial charge in [0.05, 0.1) is 0 Å². The smallest absolute Gasteiger partial charge is 0.191 e. The zero-order valence-corrected chi connectivity index (χ0v) is 17.2. The van der Waals surface area contributed by atoms with Crippen LogP contribution >= 0.6 is 24.0 Å². The Morgan fingerprint density at radius 1 is 1.12 bits per heavy atom. The second-order valence-electron chi connectivity index (χ2n) is 5.77. The lowest BCUT2D eigenvalue weighted by Gasteiger charge is -2.34. The first-order chi connectivity index (χ1) is 11.3. The Hall–Kier alpha value is -0.930. The van der Waals surface area contributed by atoms with Crippen LogP contribution in [0, 0.1) is 0 Å². The Morgan fingerprint density at radius 2 is 1.83 bits per heavy atom. The Labute approximate surface area is 163 Å². The van der Waals surface area contributed by atoms with Crippen molar-refractivity contribution >= 4 is 29.9 Å². The fourth-order valence-electron chi connectivity index (χ4n) is 2.74. The van der Waals surface area contributed by atoms with Crippen LogP contribution in [0.4, 0.5) is 0 Å². The fraction of sp³-hybridized carbons (Fsp3) is 0.647. The van der Waals surface area contributed by atoms with E-state index in [0.717, 1.165) is 37.7 Å². The molecule has 0 atom stereocenters. The molecule has 2 N–H and O–H groups in total. The number of aliphatic imine (C=N–C) groups is 1. The zero-order chi connectivity index (χ0) is 16.3. The summed E-state index contributed by atoms with van der Waals surface area (Å²) in [6.07, 6.45) is 2.74. The van der Waals surface area contributed by atoms with Crippen LogP contribution in [0.3, 0.4) is 0 Å². The van der Waals surface area contributed by atoms with E-state index in [1.165, 1.54) is 32.7 Å². The zero-order valence-electron chi connectivity index (χ0n) is 14.9. The number of pyridine rings is 1. The molecule has 136 valence electrons. The van der Waals surface area contributed by atoms with E-state index in [4.69, 9.17) is 0 Å². The van der Waals surface area contributed by atoms with Crippen molar-refractivity contribution in [1.82, 2.24) is 25.4 Å². The van der Waals surface area contributed by atoms with Crippen molar-refractivity contribution in [2.45, 2.75) is 13.3 Å². The summed E-state index contributed by atoms with van der Waals surface area (Å²) in [6, 6.07) is 6.01. The normalized spacial score (nSPS) is 16.5. The first-order valence-corrected chi connectivity index (χ1v) is 8.61. The van der Waals surface area contributed by atoms with Crippen molar-refractivity contribution in [3.63, 3.8) is 0 Å². The Bertz CT molecular complexity index is 459. The molecule has 0 radical (unpaired) electrons. The molecule has 0 bridgehead atoms. The van der Waals surface area contributed by atoms with Crippen molar-refractivity contribution < 1.29 is 0 Å². The van der Waals surface area contributed by atoms with E-state index in [2.05, 4.69) is 37.3 Å². The molecule has 1 fully saturated rings. The van der Waals surface area contributed by atoms with Crippen molar-refractivity contribution in [3.8, 4) is 0 Å². The number of piperazine rings is 1. The van der Waals surface area contributed by atoms with Gasteiger partial charge < -0.3 is 15.5 Å². The number of guanidine groups is 1. The summed E-state index contributed by atoms with van der Waals surface area (Å²) in [4.78, 5) is 13.6. The summed E-state index contributed by atoms with van der Waals surface area (Å²) in [6.45, 7) is 10.9. The molecule has 0 aliphatic carbocycles. The lowest BCUT2D eigenvalue weighted by molar-refractivity contribution is 0.139. The number of hydrogen-bond acceptors (Lipinski definition) is 4. The van der Waals surface area contributed by atoms with E-state index in [0.29, 0.717) is 0 Å². The van der Waals surface area contributed by atoms with Gasteiger partial charge in [0, 0.05) is 71.2 Å². The third kappa shape index (κ3) is 7.76. The molecule has 1 saturated heterocycles. The monoisotopic (exact) mass is 446 g/mol. The van der Waals surface area contributed by atoms with Crippen molar-refractivity contribution in [1.29, 1.82) is 0 Å². The highest BCUT2D eigenvalue weighted by atomic mass is 127. The van der Waals surface area contributed by atoms with Gasteiger partial charge in [-0.25, -0.2) is 0 Å². The van der Waals surface area contributed by atoms with E-state index < -0.39 is 0 Å². The topological polar surface area (TPSA) is 55.8 Å². The van der Waals surface area contributed by atoms with E-state index >= 15 is 0 Å². The lowest BCUT2D eigenvalue weighted by atomic mass is 10.3. The van der Waals surface area contributed by atoms with Crippen molar-refractivity contribution in [2.75, 3.05) is 59.4 Å². The summed E-state index contributed by atoms with van der Waals surface area (Å²) in [5, 5.41) is 6.74. The van der Waals surface area contributed by atoms with Gasteiger partial charge in [-0.1, -0.05) is 13.0 Å². The van der Waals surface area contributed by atoms with Gasteiger partial charge in [0.25, 0.3) is 0 Å². The minimum Gasteiger partial charge on any atom is -0.356 e. The third-order valence-electron chi connectivity index (χ3n) is 4.26. The average molecular weight is 446 g/mol. The van der Waals surface area contributed by atoms with Crippen LogP contribution < -0.4 is 10.6 Å². The molecule has 24 heavy (non-hydrogen) atoms. The first kappa shape index (κ1) is 21.1. The highest BCUT2D eigenvalue weighted by molar-refractivity contribution is 14.0. The first-order valence-electron chi connectivity index (χ1n) is 8.61. The maximum absolute atomic E-state index is 4.33. The van der Waals surface area contributed by atoms with Crippen LogP contribution in [0.1, 0.15) is 12.6 Å². The summed E-state index contributed by atoms with van der Waals surface area (Å²) in [5.41, 5.74) is 1.10. The van der Waals surface area contributed by atoms with E-state index in [1.807, 2.05) is 31.4 Å². The molecular formula is C17H31IN6. The molecule has 1 aromatic heterocycles. The molecule has 0 spiro atoms. The SMILES string of the molecule is CCN1CCN(CCNC(=NC)NCCc2ccccn2)CC1.I. The highest BCUT2D eigenvalue weighted by Crippen LogP contribution is 1.99. The third-order valence-corrected chi connectivity index (χ3v) is 4.26. The molecule has 0 saturated carbocycles. The number of nitrogens with one attached hydrogen (secondary N) is 2. The molecule has 0 amide bonds. The summed E-state index contributed by atoms with van der Waals surface area (Å²) in [5.74, 6) is 0.869. The minimum atomic E-state index is 0. The van der Waals surface area contributed by atoms with Crippen LogP contribution in [0.2, 0.25) is 0 Å². The van der Waals surface area contributed by atoms with Gasteiger partial charge in [-0.2, -0.15) is 0 Å². The van der Waals surface area contributed by atoms with E-state index in [1.54, 1.807) is 0 Å². The number of halogens is 1. The van der Waals surface area contributed by atoms with Gasteiger partial charge in [-0.3, -0.25) is 14.9 Å². The molecule has 1 aromatic rings. The van der Waals surface area contributed by atoms with E-state index in [9.17, 15) is 0 Å². The molecular weight excluding hydrogens is 415 g/mol. The average Bonchev–Trinajstić information content (AvgIpc) is 2.62. The van der Waals surface area contributed by atoms with Crippen LogP contribution in [0.25, 0.3) is 0 Å². The van der Waals surface area contributed by atoms with E-state index in [-0.39, 0.29) is 24.0 Å². The van der Waals surface area contributed by atoms with Crippen LogP contribution in [0.5, 0.6) is 0 Å². The predicted molar refractivity (Wildman–Crippen MR) is 111 cm³/mol. The summed E-state index contributed by atoms with van der Waals surface area (Å²) < 4.78 is 0. The Balaban J connectivity index is 0.00000288. The molecule has 1 aliphatic heterocycles. The Kier molecular flexibility index (Phi) is 10.9. The standard InChI is InChI=1S/C17H30N6.HI/c1-3-22-12-14-23(15-13-22)11-10-21-17(18-2)20-9-7-16-6-4-5-8-19-16;/h4-6,8H,3,7,9-15H2,1-2H3,(H2,18,20,21);1H. The lowest BCUT2D eigenvalue weighted by Crippen LogP contribution is -2.49. The van der Waals surface area contributed by atoms with Crippen LogP contribution in [-0.2, 0) is 6.42 Å². The molecule has 1 aliphatic rings. The maximum atomic E-state index is 4.33. The van der Waals surface area contributed by atoms with Crippen molar-refractivity contribution in [2.24, 2.45) is 4.99 Å². The molecule has 2 heterocycles. The van der Waals surface area contributed by atoms with Gasteiger partial charge in [-0.15, -0.1) is 24.0 Å². The predicted octanol–water partition coefficient (Wildman–Crippen LogP) is 1.04. The summed E-state index contributed by atoms with van der Waals surface area (Å²) in [7, 11) is 1.82. The maximum Gasteiger partial charge on any atom is 0.191 e. The second kappa shape index (κ2) is 12.4. The van der Waals surface area contributed by atoms with Gasteiger partial charge >= 0.3 is 0 Å². The Morgan fingerprint density at radius 3 is 2.46 bits per heavy atom. The fourth-order valence-corrected chi connectivity index (χ4v) is 2.74. The molecule has 0 aromatic carbocycles. The van der Waals surface area contributed by atoms with Gasteiger partial charge in [0.15, 0.2) is 5.96 Å². The second-order valence-corrected chi connectivity index (χ2v) is 5.77. The molecule has 6 nitrogen and oxygen atoms in total. The number of aromatic nitrogens is 1. The van der Waals surface area contributed by atoms with Gasteiger partial charge in [0.1, 0.15) is 0 Å². The van der Waals surface area contributed by atoms with Crippen LogP contribution in [0.15, 0.2) is 29.4 Å². The number of nitrogens with zero attached hydrogens (tertiary/aromatic N) is 4. The molecule has 0 unspecified atom stereocenters. The summed E-state index contributed by atoms with van der Waals surface area (Å²) >= 11 is 0. The highest BCUT2D eigenvalue weighted by Gasteiger charge is 2.14. The minimum absolute atomic E-state index is 0. The van der Waals surface area contributed by atoms with Gasteiger partial charge in [-0.05, 0) is 18.7 Å². The molecule has 7 heteroatoms.